The molecule has 2 rings (SSSR count). The topological polar surface area (TPSA) is 102 Å². The highest BCUT2D eigenvalue weighted by atomic mass is 16.6. The number of carbonyl (C=O) groups excluding carboxylic acids is 2. The summed E-state index contributed by atoms with van der Waals surface area (Å²) in [5.41, 5.74) is -4.98. The first-order chi connectivity index (χ1) is 7.92. The van der Waals surface area contributed by atoms with Crippen LogP contribution in [0.1, 0.15) is 0 Å². The van der Waals surface area contributed by atoms with Gasteiger partial charge in [0.2, 0.25) is 11.2 Å². The molecule has 2 heterocycles. The van der Waals surface area contributed by atoms with Gasteiger partial charge in [-0.05, 0) is 0 Å². The molecule has 2 aliphatic rings. The number of methoxy groups -OCH3 is 2. The number of aliphatic hydroxyl groups is 2. The molecule has 2 N–H and O–H groups in total. The second-order valence-corrected chi connectivity index (χ2v) is 3.88. The van der Waals surface area contributed by atoms with Gasteiger partial charge >= 0.3 is 11.9 Å². The molecule has 0 aromatic rings. The van der Waals surface area contributed by atoms with Gasteiger partial charge in [-0.2, -0.15) is 0 Å². The van der Waals surface area contributed by atoms with Crippen LogP contribution in [0, 0.1) is 0 Å². The van der Waals surface area contributed by atoms with Crippen LogP contribution >= 0.6 is 0 Å². The van der Waals surface area contributed by atoms with Gasteiger partial charge in [0.25, 0.3) is 0 Å². The van der Waals surface area contributed by atoms with Crippen molar-refractivity contribution in [2.75, 3.05) is 14.2 Å². The monoisotopic (exact) mass is 244 g/mol. The van der Waals surface area contributed by atoms with E-state index in [2.05, 4.69) is 9.47 Å². The summed E-state index contributed by atoms with van der Waals surface area (Å²) in [6.07, 6.45) is 0.506. The van der Waals surface area contributed by atoms with E-state index in [-0.39, 0.29) is 0 Å². The van der Waals surface area contributed by atoms with Crippen molar-refractivity contribution in [1.29, 1.82) is 0 Å². The van der Waals surface area contributed by atoms with Crippen molar-refractivity contribution in [1.82, 2.24) is 0 Å². The van der Waals surface area contributed by atoms with Crippen LogP contribution in [0.2, 0.25) is 0 Å². The van der Waals surface area contributed by atoms with E-state index in [0.717, 1.165) is 14.2 Å². The van der Waals surface area contributed by atoms with E-state index < -0.39 is 35.3 Å². The van der Waals surface area contributed by atoms with E-state index >= 15 is 0 Å². The number of carbonyl (C=O) groups is 2. The average molecular weight is 244 g/mol. The van der Waals surface area contributed by atoms with E-state index in [1.807, 2.05) is 0 Å². The average Bonchev–Trinajstić information content (AvgIpc) is 2.90. The first kappa shape index (κ1) is 12.0. The highest BCUT2D eigenvalue weighted by molar-refractivity contribution is 5.95. The minimum Gasteiger partial charge on any atom is -0.467 e. The molecule has 1 fully saturated rings. The zero-order valence-electron chi connectivity index (χ0n) is 9.25. The van der Waals surface area contributed by atoms with Crippen molar-refractivity contribution in [3.05, 3.63) is 12.2 Å². The summed E-state index contributed by atoms with van der Waals surface area (Å²) < 4.78 is 14.0. The lowest BCUT2D eigenvalue weighted by molar-refractivity contribution is -0.205. The lowest BCUT2D eigenvalue weighted by Gasteiger charge is -2.36. The summed E-state index contributed by atoms with van der Waals surface area (Å²) in [7, 11) is 2.07. The number of ether oxygens (including phenoxy) is 3. The molecule has 4 atom stereocenters. The summed E-state index contributed by atoms with van der Waals surface area (Å²) >= 11 is 0. The van der Waals surface area contributed by atoms with Gasteiger partial charge in [-0.3, -0.25) is 0 Å². The number of rotatable bonds is 2. The van der Waals surface area contributed by atoms with Crippen LogP contribution in [-0.4, -0.2) is 59.8 Å². The summed E-state index contributed by atoms with van der Waals surface area (Å²) in [6, 6.07) is 0. The summed E-state index contributed by atoms with van der Waals surface area (Å²) in [5.74, 6) is -2.30. The quantitative estimate of drug-likeness (QED) is 0.433. The van der Waals surface area contributed by atoms with Crippen molar-refractivity contribution < 1.29 is 34.0 Å². The molecule has 4 unspecified atom stereocenters. The number of esters is 2. The van der Waals surface area contributed by atoms with Crippen molar-refractivity contribution in [3.8, 4) is 0 Å². The van der Waals surface area contributed by atoms with Gasteiger partial charge in [0.15, 0.2) is 0 Å². The Morgan fingerprint density at radius 1 is 1.06 bits per heavy atom. The smallest absolute Gasteiger partial charge is 0.344 e. The molecule has 17 heavy (non-hydrogen) atoms. The highest BCUT2D eigenvalue weighted by Crippen LogP contribution is 2.46. The second-order valence-electron chi connectivity index (χ2n) is 3.88. The van der Waals surface area contributed by atoms with Gasteiger partial charge in [0.05, 0.1) is 14.2 Å². The minimum atomic E-state index is -2.49. The Balaban J connectivity index is 2.53. The fourth-order valence-corrected chi connectivity index (χ4v) is 2.21. The Morgan fingerprint density at radius 2 is 1.41 bits per heavy atom. The molecule has 0 saturated carbocycles. The molecule has 0 amide bonds. The van der Waals surface area contributed by atoms with Crippen molar-refractivity contribution in [2.45, 2.75) is 23.4 Å². The first-order valence-electron chi connectivity index (χ1n) is 4.88. The third-order valence-electron chi connectivity index (χ3n) is 3.15. The number of hydrogen-bond donors (Lipinski definition) is 2. The van der Waals surface area contributed by atoms with Gasteiger partial charge in [-0.25, -0.2) is 9.59 Å². The largest absolute Gasteiger partial charge is 0.467 e. The van der Waals surface area contributed by atoms with Crippen LogP contribution in [0.15, 0.2) is 12.2 Å². The van der Waals surface area contributed by atoms with Crippen molar-refractivity contribution in [3.63, 3.8) is 0 Å². The minimum absolute atomic E-state index is 1.04. The Kier molecular flexibility index (Phi) is 2.49. The molecular formula is C10H12O7. The van der Waals surface area contributed by atoms with E-state index in [0.29, 0.717) is 0 Å². The fraction of sp³-hybridized carbons (Fsp3) is 0.600. The third kappa shape index (κ3) is 1.16. The van der Waals surface area contributed by atoms with Crippen LogP contribution in [-0.2, 0) is 23.8 Å². The zero-order chi connectivity index (χ0) is 12.8. The lowest BCUT2D eigenvalue weighted by Crippen LogP contribution is -2.69. The Bertz CT molecular complexity index is 367. The van der Waals surface area contributed by atoms with E-state index in [1.165, 1.54) is 12.2 Å². The normalized spacial score (nSPS) is 42.6. The van der Waals surface area contributed by atoms with Gasteiger partial charge in [0.1, 0.15) is 12.2 Å². The zero-order valence-corrected chi connectivity index (χ0v) is 9.25. The highest BCUT2D eigenvalue weighted by Gasteiger charge is 2.76. The molecule has 0 aromatic heterocycles. The van der Waals surface area contributed by atoms with E-state index in [1.54, 1.807) is 0 Å². The summed E-state index contributed by atoms with van der Waals surface area (Å²) in [4.78, 5) is 23.2. The number of hydrogen-bond acceptors (Lipinski definition) is 7. The SMILES string of the molecule is COC(=O)C1(O)C2C=CC(O2)C1(O)C(=O)OC. The van der Waals surface area contributed by atoms with E-state index in [9.17, 15) is 19.8 Å². The fourth-order valence-electron chi connectivity index (χ4n) is 2.21. The first-order valence-corrected chi connectivity index (χ1v) is 4.88. The molecule has 0 spiro atoms. The maximum absolute atomic E-state index is 11.6. The Labute approximate surface area is 96.6 Å². The molecule has 1 saturated heterocycles. The number of fused-ring (bicyclic) bond motifs is 2. The molecule has 0 aliphatic carbocycles. The van der Waals surface area contributed by atoms with Crippen molar-refractivity contribution in [2.24, 2.45) is 0 Å². The molecular weight excluding hydrogens is 232 g/mol. The van der Waals surface area contributed by atoms with Crippen LogP contribution < -0.4 is 0 Å². The lowest BCUT2D eigenvalue weighted by atomic mass is 9.74. The van der Waals surface area contributed by atoms with Crippen molar-refractivity contribution >= 4 is 11.9 Å². The van der Waals surface area contributed by atoms with Gasteiger partial charge < -0.3 is 24.4 Å². The third-order valence-corrected chi connectivity index (χ3v) is 3.15. The maximum Gasteiger partial charge on any atom is 0.344 e. The van der Waals surface area contributed by atoms with Gasteiger partial charge in [-0.1, -0.05) is 12.2 Å². The van der Waals surface area contributed by atoms with Gasteiger partial charge in [0, 0.05) is 0 Å². The predicted molar refractivity (Wildman–Crippen MR) is 51.7 cm³/mol. The van der Waals surface area contributed by atoms with E-state index in [4.69, 9.17) is 4.74 Å². The summed E-state index contributed by atoms with van der Waals surface area (Å²) in [5, 5.41) is 20.5. The molecule has 7 nitrogen and oxygen atoms in total. The molecule has 7 heteroatoms. The van der Waals surface area contributed by atoms with Gasteiger partial charge in [-0.15, -0.1) is 0 Å². The van der Waals surface area contributed by atoms with Crippen LogP contribution in [0.4, 0.5) is 0 Å². The van der Waals surface area contributed by atoms with Crippen LogP contribution in [0.5, 0.6) is 0 Å². The standard InChI is InChI=1S/C10H12O7/c1-15-7(11)9(13)5-3-4-6(17-5)10(9,14)8(12)16-2/h3-6,13-14H,1-2H3. The maximum atomic E-state index is 11.6. The molecule has 2 aliphatic heterocycles. The molecule has 0 aromatic carbocycles. The van der Waals surface area contributed by atoms with Crippen LogP contribution in [0.3, 0.4) is 0 Å². The Hall–Kier alpha value is -1.44. The second kappa shape index (κ2) is 3.52. The van der Waals surface area contributed by atoms with Crippen LogP contribution in [0.25, 0.3) is 0 Å². The molecule has 2 bridgehead atoms. The molecule has 94 valence electrons. The molecule has 0 radical (unpaired) electrons. The summed E-state index contributed by atoms with van der Waals surface area (Å²) in [6.45, 7) is 0. The predicted octanol–water partition coefficient (Wildman–Crippen LogP) is -1.87. The Morgan fingerprint density at radius 3 is 1.71 bits per heavy atom.